The summed E-state index contributed by atoms with van der Waals surface area (Å²) in [6, 6.07) is 1.71. The maximum Gasteiger partial charge on any atom is 0.257 e. The summed E-state index contributed by atoms with van der Waals surface area (Å²) in [5.74, 6) is 0.0213. The number of amides is 1. The molecule has 0 atom stereocenters. The Balaban J connectivity index is 1.50. The molecule has 2 aromatic rings. The molecule has 6 heteroatoms. The lowest BCUT2D eigenvalue weighted by molar-refractivity contribution is 0.0339. The van der Waals surface area contributed by atoms with Gasteiger partial charge in [-0.05, 0) is 29.2 Å². The molecule has 0 saturated carbocycles. The van der Waals surface area contributed by atoms with Gasteiger partial charge in [-0.25, -0.2) is 0 Å². The van der Waals surface area contributed by atoms with Gasteiger partial charge in [0, 0.05) is 45.1 Å². The topological polar surface area (TPSA) is 58.8 Å². The molecule has 24 heavy (non-hydrogen) atoms. The third-order valence-corrected chi connectivity index (χ3v) is 4.78. The van der Waals surface area contributed by atoms with E-state index >= 15 is 0 Å². The number of pyridine rings is 1. The van der Waals surface area contributed by atoms with Crippen molar-refractivity contribution in [2.45, 2.75) is 19.5 Å². The number of carbonyl (C=O) groups excluding carboxylic acids is 1. The fraction of sp³-hybridized carbons (Fsp3) is 0.444. The quantitative estimate of drug-likeness (QED) is 0.859. The van der Waals surface area contributed by atoms with Crippen molar-refractivity contribution >= 4 is 5.91 Å². The fourth-order valence-electron chi connectivity index (χ4n) is 3.45. The van der Waals surface area contributed by atoms with Crippen molar-refractivity contribution < 1.29 is 13.9 Å². The van der Waals surface area contributed by atoms with Crippen LogP contribution < -0.4 is 0 Å². The zero-order valence-electron chi connectivity index (χ0n) is 13.6. The van der Waals surface area contributed by atoms with Gasteiger partial charge >= 0.3 is 0 Å². The molecule has 1 fully saturated rings. The molecular formula is C18H21N3O3. The minimum absolute atomic E-state index is 0.0213. The van der Waals surface area contributed by atoms with Gasteiger partial charge in [0.25, 0.3) is 5.91 Å². The smallest absolute Gasteiger partial charge is 0.257 e. The van der Waals surface area contributed by atoms with Crippen LogP contribution in [0.2, 0.25) is 0 Å². The number of furan rings is 1. The SMILES string of the molecule is O=C(c1ccoc1)N1CCc2c(CN3CCOCC3)cncc2C1. The lowest BCUT2D eigenvalue weighted by atomic mass is 9.96. The van der Waals surface area contributed by atoms with E-state index < -0.39 is 0 Å². The summed E-state index contributed by atoms with van der Waals surface area (Å²) in [5, 5.41) is 0. The molecule has 2 aliphatic rings. The first-order valence-corrected chi connectivity index (χ1v) is 8.37. The highest BCUT2D eigenvalue weighted by Crippen LogP contribution is 2.24. The van der Waals surface area contributed by atoms with Gasteiger partial charge in [-0.15, -0.1) is 0 Å². The third-order valence-electron chi connectivity index (χ3n) is 4.78. The van der Waals surface area contributed by atoms with Gasteiger partial charge in [0.1, 0.15) is 6.26 Å². The van der Waals surface area contributed by atoms with Gasteiger partial charge in [-0.2, -0.15) is 0 Å². The van der Waals surface area contributed by atoms with Crippen LogP contribution in [0, 0.1) is 0 Å². The molecule has 4 heterocycles. The molecule has 126 valence electrons. The highest BCUT2D eigenvalue weighted by molar-refractivity contribution is 5.93. The van der Waals surface area contributed by atoms with Gasteiger partial charge in [0.2, 0.25) is 0 Å². The predicted octanol–water partition coefficient (Wildman–Crippen LogP) is 1.71. The number of rotatable bonds is 3. The molecule has 6 nitrogen and oxygen atoms in total. The van der Waals surface area contributed by atoms with Gasteiger partial charge in [-0.3, -0.25) is 14.7 Å². The number of fused-ring (bicyclic) bond motifs is 1. The molecule has 4 rings (SSSR count). The van der Waals surface area contributed by atoms with Crippen molar-refractivity contribution in [3.8, 4) is 0 Å². The van der Waals surface area contributed by atoms with E-state index in [2.05, 4.69) is 9.88 Å². The van der Waals surface area contributed by atoms with E-state index in [9.17, 15) is 4.79 Å². The molecule has 0 bridgehead atoms. The average Bonchev–Trinajstić information content (AvgIpc) is 3.16. The second-order valence-corrected chi connectivity index (χ2v) is 6.31. The summed E-state index contributed by atoms with van der Waals surface area (Å²) < 4.78 is 10.4. The zero-order valence-corrected chi connectivity index (χ0v) is 13.6. The van der Waals surface area contributed by atoms with Gasteiger partial charge < -0.3 is 14.1 Å². The Morgan fingerprint density at radius 2 is 2.08 bits per heavy atom. The van der Waals surface area contributed by atoms with Gasteiger partial charge in [-0.1, -0.05) is 0 Å². The molecule has 0 N–H and O–H groups in total. The van der Waals surface area contributed by atoms with Crippen LogP contribution in [0.5, 0.6) is 0 Å². The minimum atomic E-state index is 0.0213. The van der Waals surface area contributed by atoms with E-state index in [0.29, 0.717) is 12.1 Å². The number of nitrogens with zero attached hydrogens (tertiary/aromatic N) is 3. The molecular weight excluding hydrogens is 306 g/mol. The summed E-state index contributed by atoms with van der Waals surface area (Å²) in [5.41, 5.74) is 4.40. The van der Waals surface area contributed by atoms with Crippen molar-refractivity contribution in [3.05, 3.63) is 53.2 Å². The predicted molar refractivity (Wildman–Crippen MR) is 87.5 cm³/mol. The molecule has 1 amide bonds. The maximum absolute atomic E-state index is 12.5. The second-order valence-electron chi connectivity index (χ2n) is 6.31. The molecule has 2 aliphatic heterocycles. The van der Waals surface area contributed by atoms with Gasteiger partial charge in [0.15, 0.2) is 0 Å². The number of morpholine rings is 1. The fourth-order valence-corrected chi connectivity index (χ4v) is 3.45. The van der Waals surface area contributed by atoms with Crippen LogP contribution in [0.1, 0.15) is 27.0 Å². The number of hydrogen-bond donors (Lipinski definition) is 0. The standard InChI is InChI=1S/C18H21N3O3/c22-18(14-2-6-24-13-14)21-3-1-17-15(9-19-10-16(17)12-21)11-20-4-7-23-8-5-20/h2,6,9-10,13H,1,3-5,7-8,11-12H2. The Labute approximate surface area is 141 Å². The van der Waals surface area contributed by atoms with E-state index in [0.717, 1.165) is 51.4 Å². The number of hydrogen-bond acceptors (Lipinski definition) is 5. The van der Waals surface area contributed by atoms with E-state index in [4.69, 9.17) is 9.15 Å². The summed E-state index contributed by atoms with van der Waals surface area (Å²) in [4.78, 5) is 21.2. The Hall–Kier alpha value is -2.18. The Kier molecular flexibility index (Phi) is 4.32. The second kappa shape index (κ2) is 6.75. The zero-order chi connectivity index (χ0) is 16.4. The van der Waals surface area contributed by atoms with Crippen LogP contribution in [0.25, 0.3) is 0 Å². The first-order valence-electron chi connectivity index (χ1n) is 8.37. The maximum atomic E-state index is 12.5. The van der Waals surface area contributed by atoms with Crippen LogP contribution in [-0.4, -0.2) is 53.5 Å². The van der Waals surface area contributed by atoms with Crippen LogP contribution in [0.15, 0.2) is 35.4 Å². The van der Waals surface area contributed by atoms with Gasteiger partial charge in [0.05, 0.1) is 25.0 Å². The summed E-state index contributed by atoms with van der Waals surface area (Å²) in [6.07, 6.45) is 7.79. The largest absolute Gasteiger partial charge is 0.472 e. The van der Waals surface area contributed by atoms with Crippen molar-refractivity contribution in [1.29, 1.82) is 0 Å². The first-order chi connectivity index (χ1) is 11.8. The average molecular weight is 327 g/mol. The van der Waals surface area contributed by atoms with Crippen LogP contribution in [0.4, 0.5) is 0 Å². The number of ether oxygens (including phenoxy) is 1. The molecule has 0 unspecified atom stereocenters. The number of carbonyl (C=O) groups is 1. The van der Waals surface area contributed by atoms with Crippen LogP contribution in [-0.2, 0) is 24.2 Å². The van der Waals surface area contributed by atoms with E-state index in [1.807, 2.05) is 17.3 Å². The molecule has 0 radical (unpaired) electrons. The summed E-state index contributed by atoms with van der Waals surface area (Å²) in [7, 11) is 0. The number of aromatic nitrogens is 1. The lowest BCUT2D eigenvalue weighted by Crippen LogP contribution is -2.38. The Morgan fingerprint density at radius 1 is 1.21 bits per heavy atom. The molecule has 2 aromatic heterocycles. The van der Waals surface area contributed by atoms with Crippen LogP contribution >= 0.6 is 0 Å². The van der Waals surface area contributed by atoms with Crippen molar-refractivity contribution in [1.82, 2.24) is 14.8 Å². The van der Waals surface area contributed by atoms with E-state index in [1.54, 1.807) is 6.07 Å². The highest BCUT2D eigenvalue weighted by Gasteiger charge is 2.25. The monoisotopic (exact) mass is 327 g/mol. The summed E-state index contributed by atoms with van der Waals surface area (Å²) >= 11 is 0. The summed E-state index contributed by atoms with van der Waals surface area (Å²) in [6.45, 7) is 5.80. The van der Waals surface area contributed by atoms with Crippen molar-refractivity contribution in [2.24, 2.45) is 0 Å². The van der Waals surface area contributed by atoms with Crippen molar-refractivity contribution in [2.75, 3.05) is 32.8 Å². The lowest BCUT2D eigenvalue weighted by Gasteiger charge is -2.31. The first kappa shape index (κ1) is 15.4. The van der Waals surface area contributed by atoms with E-state index in [1.165, 1.54) is 23.7 Å². The van der Waals surface area contributed by atoms with Crippen molar-refractivity contribution in [3.63, 3.8) is 0 Å². The van der Waals surface area contributed by atoms with Crippen LogP contribution in [0.3, 0.4) is 0 Å². The molecule has 1 saturated heterocycles. The normalized spacial score (nSPS) is 18.4. The third kappa shape index (κ3) is 3.07. The Morgan fingerprint density at radius 3 is 2.88 bits per heavy atom. The Bertz CT molecular complexity index is 708. The molecule has 0 spiro atoms. The van der Waals surface area contributed by atoms with E-state index in [-0.39, 0.29) is 5.91 Å². The molecule has 0 aliphatic carbocycles. The highest BCUT2D eigenvalue weighted by atomic mass is 16.5. The minimum Gasteiger partial charge on any atom is -0.472 e. The molecule has 0 aromatic carbocycles.